The third kappa shape index (κ3) is 4.09. The smallest absolute Gasteiger partial charge is 0.160 e. The van der Waals surface area contributed by atoms with Gasteiger partial charge in [0.05, 0.1) is 0 Å². The Morgan fingerprint density at radius 3 is 1.88 bits per heavy atom. The third-order valence-corrected chi connectivity index (χ3v) is 3.81. The zero-order chi connectivity index (χ0) is 18.0. The molecule has 25 heavy (non-hydrogen) atoms. The maximum Gasteiger partial charge on any atom is 0.160 e. The standard InChI is InChI=1S/C19H18F2N4/c1-11-4-5-14(8-12(11)2)24-18-10-19(23-13(3)22-18)25-15-6-7-16(20)17(21)9-15/h4-10H,1-3H3,(H2,22,23,24,25). The Balaban J connectivity index is 1.84. The van der Waals surface area contributed by atoms with Crippen LogP contribution < -0.4 is 10.6 Å². The minimum absolute atomic E-state index is 0.411. The highest BCUT2D eigenvalue weighted by Crippen LogP contribution is 2.22. The fraction of sp³-hybridized carbons (Fsp3) is 0.158. The number of hydrogen-bond donors (Lipinski definition) is 2. The molecule has 6 heteroatoms. The van der Waals surface area contributed by atoms with Crippen LogP contribution in [0.15, 0.2) is 42.5 Å². The van der Waals surface area contributed by atoms with Crippen LogP contribution in [-0.2, 0) is 0 Å². The fourth-order valence-corrected chi connectivity index (χ4v) is 2.38. The minimum atomic E-state index is -0.913. The molecule has 0 aliphatic carbocycles. The molecule has 128 valence electrons. The van der Waals surface area contributed by atoms with Gasteiger partial charge in [0.2, 0.25) is 0 Å². The Morgan fingerprint density at radius 2 is 1.28 bits per heavy atom. The second-order valence-electron chi connectivity index (χ2n) is 5.86. The predicted molar refractivity (Wildman–Crippen MR) is 95.6 cm³/mol. The Hall–Kier alpha value is -3.02. The lowest BCUT2D eigenvalue weighted by Crippen LogP contribution is -2.02. The predicted octanol–water partition coefficient (Wildman–Crippen LogP) is 5.17. The molecule has 3 aromatic rings. The number of nitrogens with zero attached hydrogens (tertiary/aromatic N) is 2. The third-order valence-electron chi connectivity index (χ3n) is 3.81. The van der Waals surface area contributed by atoms with E-state index in [0.717, 1.165) is 17.8 Å². The largest absolute Gasteiger partial charge is 0.340 e. The summed E-state index contributed by atoms with van der Waals surface area (Å²) in [5, 5.41) is 6.20. The van der Waals surface area contributed by atoms with Crippen molar-refractivity contribution < 1.29 is 8.78 Å². The first-order valence-electron chi connectivity index (χ1n) is 7.83. The number of hydrogen-bond acceptors (Lipinski definition) is 4. The van der Waals surface area contributed by atoms with Crippen molar-refractivity contribution >= 4 is 23.0 Å². The van der Waals surface area contributed by atoms with E-state index in [1.807, 2.05) is 25.1 Å². The van der Waals surface area contributed by atoms with Crippen molar-refractivity contribution in [3.8, 4) is 0 Å². The second kappa shape index (κ2) is 6.84. The molecule has 0 fully saturated rings. The van der Waals surface area contributed by atoms with Crippen LogP contribution >= 0.6 is 0 Å². The first-order valence-corrected chi connectivity index (χ1v) is 7.83. The van der Waals surface area contributed by atoms with E-state index in [1.54, 1.807) is 13.0 Å². The summed E-state index contributed by atoms with van der Waals surface area (Å²) in [6.45, 7) is 5.86. The molecule has 0 radical (unpaired) electrons. The van der Waals surface area contributed by atoms with Crippen LogP contribution in [0.3, 0.4) is 0 Å². The van der Waals surface area contributed by atoms with E-state index in [4.69, 9.17) is 0 Å². The zero-order valence-corrected chi connectivity index (χ0v) is 14.2. The summed E-state index contributed by atoms with van der Waals surface area (Å²) < 4.78 is 26.4. The van der Waals surface area contributed by atoms with E-state index in [1.165, 1.54) is 17.2 Å². The Kier molecular flexibility index (Phi) is 4.61. The van der Waals surface area contributed by atoms with Crippen LogP contribution in [0.4, 0.5) is 31.8 Å². The van der Waals surface area contributed by atoms with Crippen molar-refractivity contribution in [2.24, 2.45) is 0 Å². The van der Waals surface area contributed by atoms with Crippen molar-refractivity contribution in [2.75, 3.05) is 10.6 Å². The van der Waals surface area contributed by atoms with E-state index in [0.29, 0.717) is 23.1 Å². The fourth-order valence-electron chi connectivity index (χ4n) is 2.38. The number of aryl methyl sites for hydroxylation is 3. The minimum Gasteiger partial charge on any atom is -0.340 e. The molecule has 0 atom stereocenters. The Bertz CT molecular complexity index is 854. The van der Waals surface area contributed by atoms with Gasteiger partial charge >= 0.3 is 0 Å². The van der Waals surface area contributed by atoms with Gasteiger partial charge in [-0.15, -0.1) is 0 Å². The molecule has 0 amide bonds. The highest BCUT2D eigenvalue weighted by Gasteiger charge is 2.06. The van der Waals surface area contributed by atoms with Gasteiger partial charge in [0.25, 0.3) is 0 Å². The quantitative estimate of drug-likeness (QED) is 0.688. The molecule has 1 heterocycles. The number of benzene rings is 2. The number of halogens is 2. The lowest BCUT2D eigenvalue weighted by molar-refractivity contribution is 0.509. The van der Waals surface area contributed by atoms with Crippen molar-refractivity contribution in [3.05, 3.63) is 71.1 Å². The van der Waals surface area contributed by atoms with E-state index in [-0.39, 0.29) is 0 Å². The molecule has 3 rings (SSSR count). The summed E-state index contributed by atoms with van der Waals surface area (Å²) in [6.07, 6.45) is 0. The van der Waals surface area contributed by atoms with E-state index >= 15 is 0 Å². The van der Waals surface area contributed by atoms with E-state index < -0.39 is 11.6 Å². The number of nitrogens with one attached hydrogen (secondary N) is 2. The molecule has 2 N–H and O–H groups in total. The van der Waals surface area contributed by atoms with Gasteiger partial charge in [-0.3, -0.25) is 0 Å². The van der Waals surface area contributed by atoms with Crippen LogP contribution in [0.2, 0.25) is 0 Å². The number of aromatic nitrogens is 2. The van der Waals surface area contributed by atoms with Gasteiger partial charge in [0.15, 0.2) is 11.6 Å². The first kappa shape index (κ1) is 16.8. The normalized spacial score (nSPS) is 10.6. The summed E-state index contributed by atoms with van der Waals surface area (Å²) in [5.41, 5.74) is 3.72. The van der Waals surface area contributed by atoms with Crippen molar-refractivity contribution in [2.45, 2.75) is 20.8 Å². The lowest BCUT2D eigenvalue weighted by atomic mass is 10.1. The average Bonchev–Trinajstić information content (AvgIpc) is 2.54. The van der Waals surface area contributed by atoms with Crippen LogP contribution in [-0.4, -0.2) is 9.97 Å². The summed E-state index contributed by atoms with van der Waals surface area (Å²) in [7, 11) is 0. The molecule has 0 bridgehead atoms. The molecule has 4 nitrogen and oxygen atoms in total. The van der Waals surface area contributed by atoms with Gasteiger partial charge in [-0.2, -0.15) is 0 Å². The number of anilines is 4. The van der Waals surface area contributed by atoms with Crippen LogP contribution in [0.1, 0.15) is 17.0 Å². The summed E-state index contributed by atoms with van der Waals surface area (Å²) in [5.74, 6) is -0.143. The first-order chi connectivity index (χ1) is 11.9. The highest BCUT2D eigenvalue weighted by molar-refractivity contribution is 5.64. The van der Waals surface area contributed by atoms with Crippen molar-refractivity contribution in [1.29, 1.82) is 0 Å². The molecular weight excluding hydrogens is 322 g/mol. The van der Waals surface area contributed by atoms with Gasteiger partial charge in [0, 0.05) is 23.5 Å². The van der Waals surface area contributed by atoms with Gasteiger partial charge in [-0.25, -0.2) is 18.7 Å². The summed E-state index contributed by atoms with van der Waals surface area (Å²) in [6, 6.07) is 11.4. The van der Waals surface area contributed by atoms with Gasteiger partial charge in [-0.05, 0) is 56.2 Å². The van der Waals surface area contributed by atoms with Gasteiger partial charge < -0.3 is 10.6 Å². The van der Waals surface area contributed by atoms with Gasteiger partial charge in [0.1, 0.15) is 17.5 Å². The molecule has 1 aromatic heterocycles. The van der Waals surface area contributed by atoms with E-state index in [2.05, 4.69) is 27.5 Å². The Labute approximate surface area is 145 Å². The van der Waals surface area contributed by atoms with E-state index in [9.17, 15) is 8.78 Å². The summed E-state index contributed by atoms with van der Waals surface area (Å²) in [4.78, 5) is 8.63. The molecule has 0 aliphatic heterocycles. The van der Waals surface area contributed by atoms with Crippen LogP contribution in [0.5, 0.6) is 0 Å². The maximum atomic E-state index is 13.3. The zero-order valence-electron chi connectivity index (χ0n) is 14.2. The molecule has 0 saturated heterocycles. The van der Waals surface area contributed by atoms with Gasteiger partial charge in [-0.1, -0.05) is 6.07 Å². The van der Waals surface area contributed by atoms with Crippen LogP contribution in [0, 0.1) is 32.4 Å². The summed E-state index contributed by atoms with van der Waals surface area (Å²) >= 11 is 0. The number of rotatable bonds is 4. The second-order valence-corrected chi connectivity index (χ2v) is 5.86. The van der Waals surface area contributed by atoms with Crippen molar-refractivity contribution in [3.63, 3.8) is 0 Å². The average molecular weight is 340 g/mol. The molecule has 0 unspecified atom stereocenters. The molecule has 2 aromatic carbocycles. The molecular formula is C19H18F2N4. The van der Waals surface area contributed by atoms with Crippen LogP contribution in [0.25, 0.3) is 0 Å². The monoisotopic (exact) mass is 340 g/mol. The van der Waals surface area contributed by atoms with Crippen molar-refractivity contribution in [1.82, 2.24) is 9.97 Å². The lowest BCUT2D eigenvalue weighted by Gasteiger charge is -2.11. The molecule has 0 aliphatic rings. The topological polar surface area (TPSA) is 49.8 Å². The SMILES string of the molecule is Cc1nc(Nc2ccc(C)c(C)c2)cc(Nc2ccc(F)c(F)c2)n1. The maximum absolute atomic E-state index is 13.3. The Morgan fingerprint density at radius 1 is 0.680 bits per heavy atom. The highest BCUT2D eigenvalue weighted by atomic mass is 19.2. The molecule has 0 saturated carbocycles. The molecule has 0 spiro atoms.